The average molecular weight is 430 g/mol. The highest BCUT2D eigenvalue weighted by molar-refractivity contribution is 5.92. The van der Waals surface area contributed by atoms with E-state index in [1.807, 2.05) is 18.2 Å². The Labute approximate surface area is 192 Å². The normalized spacial score (nSPS) is 30.7. The molecule has 1 aliphatic carbocycles. The molecule has 1 N–H and O–H groups in total. The second-order valence-electron chi connectivity index (χ2n) is 10.4. The van der Waals surface area contributed by atoms with E-state index in [0.717, 1.165) is 25.1 Å². The van der Waals surface area contributed by atoms with Gasteiger partial charge in [0.25, 0.3) is 0 Å². The molecule has 6 rings (SSSR count). The Morgan fingerprint density at radius 3 is 2.47 bits per heavy atom. The maximum Gasteiger partial charge on any atom is 0.250 e. The van der Waals surface area contributed by atoms with Crippen LogP contribution in [0.1, 0.15) is 44.2 Å². The lowest BCUT2D eigenvalue weighted by atomic mass is 9.60. The number of hydrogen-bond acceptors (Lipinski definition) is 3. The molecular weight excluding hydrogens is 394 g/mol. The van der Waals surface area contributed by atoms with E-state index in [2.05, 4.69) is 72.7 Å². The van der Waals surface area contributed by atoms with Gasteiger partial charge in [0.15, 0.2) is 5.54 Å². The number of carbonyl (C=O) groups is 1. The molecule has 4 aliphatic rings. The van der Waals surface area contributed by atoms with Gasteiger partial charge < -0.3 is 5.32 Å². The predicted molar refractivity (Wildman–Crippen MR) is 129 cm³/mol. The third kappa shape index (κ3) is 3.79. The summed E-state index contributed by atoms with van der Waals surface area (Å²) in [6.45, 7) is 7.03. The van der Waals surface area contributed by atoms with Crippen molar-refractivity contribution in [1.29, 1.82) is 0 Å². The third-order valence-corrected chi connectivity index (χ3v) is 7.88. The molecular formula is C28H35N3O. The van der Waals surface area contributed by atoms with E-state index >= 15 is 0 Å². The van der Waals surface area contributed by atoms with Crippen molar-refractivity contribution in [3.05, 3.63) is 71.8 Å². The summed E-state index contributed by atoms with van der Waals surface area (Å²) in [7, 11) is 0. The van der Waals surface area contributed by atoms with Crippen LogP contribution in [0.5, 0.6) is 0 Å². The van der Waals surface area contributed by atoms with Gasteiger partial charge in [0.05, 0.1) is 0 Å². The van der Waals surface area contributed by atoms with Crippen LogP contribution in [0.15, 0.2) is 65.7 Å². The molecule has 3 aliphatic heterocycles. The fraction of sp³-hybridized carbons (Fsp3) is 0.500. The molecule has 3 heterocycles. The molecule has 4 bridgehead atoms. The van der Waals surface area contributed by atoms with Gasteiger partial charge in [-0.1, -0.05) is 80.9 Å². The van der Waals surface area contributed by atoms with Gasteiger partial charge in [-0.15, -0.1) is 0 Å². The van der Waals surface area contributed by atoms with Crippen molar-refractivity contribution in [3.8, 4) is 0 Å². The first-order chi connectivity index (χ1) is 15.6. The Bertz CT molecular complexity index is 957. The van der Waals surface area contributed by atoms with E-state index in [1.54, 1.807) is 0 Å². The fourth-order valence-electron chi connectivity index (χ4n) is 6.39. The van der Waals surface area contributed by atoms with Gasteiger partial charge >= 0.3 is 0 Å². The quantitative estimate of drug-likeness (QED) is 0.661. The van der Waals surface area contributed by atoms with Crippen LogP contribution >= 0.6 is 0 Å². The van der Waals surface area contributed by atoms with Crippen molar-refractivity contribution < 1.29 is 4.79 Å². The molecule has 2 fully saturated rings. The number of benzene rings is 2. The molecule has 0 spiro atoms. The lowest BCUT2D eigenvalue weighted by molar-refractivity contribution is -0.132. The van der Waals surface area contributed by atoms with Gasteiger partial charge in [0.1, 0.15) is 0 Å². The Morgan fingerprint density at radius 2 is 1.78 bits per heavy atom. The topological polar surface area (TPSA) is 44.7 Å². The molecule has 1 saturated heterocycles. The van der Waals surface area contributed by atoms with Crippen molar-refractivity contribution >= 4 is 12.1 Å². The van der Waals surface area contributed by atoms with Crippen LogP contribution in [0.4, 0.5) is 0 Å². The number of likely N-dealkylation sites (tertiary alicyclic amines) is 1. The van der Waals surface area contributed by atoms with E-state index < -0.39 is 5.54 Å². The second kappa shape index (κ2) is 8.82. The number of nitrogens with one attached hydrogen (secondary N) is 1. The van der Waals surface area contributed by atoms with E-state index in [1.165, 1.54) is 18.4 Å². The van der Waals surface area contributed by atoms with Crippen molar-refractivity contribution in [2.45, 2.75) is 57.8 Å². The highest BCUT2D eigenvalue weighted by Gasteiger charge is 2.67. The van der Waals surface area contributed by atoms with E-state index in [4.69, 9.17) is 4.99 Å². The van der Waals surface area contributed by atoms with Gasteiger partial charge in [-0.2, -0.15) is 0 Å². The minimum absolute atomic E-state index is 0.121. The molecule has 4 nitrogen and oxygen atoms in total. The van der Waals surface area contributed by atoms with Crippen molar-refractivity contribution in [1.82, 2.24) is 10.2 Å². The molecule has 2 aromatic rings. The summed E-state index contributed by atoms with van der Waals surface area (Å²) in [4.78, 5) is 21.5. The zero-order valence-electron chi connectivity index (χ0n) is 19.3. The molecule has 2 aromatic carbocycles. The van der Waals surface area contributed by atoms with Gasteiger partial charge in [0, 0.05) is 37.8 Å². The summed E-state index contributed by atoms with van der Waals surface area (Å²) in [6.07, 6.45) is 5.61. The monoisotopic (exact) mass is 429 g/mol. The van der Waals surface area contributed by atoms with Crippen LogP contribution in [0, 0.1) is 23.7 Å². The van der Waals surface area contributed by atoms with Crippen molar-refractivity contribution in [3.63, 3.8) is 0 Å². The summed E-state index contributed by atoms with van der Waals surface area (Å²) in [5.74, 6) is 2.11. The zero-order valence-corrected chi connectivity index (χ0v) is 19.3. The third-order valence-electron chi connectivity index (χ3n) is 7.88. The van der Waals surface area contributed by atoms with Crippen LogP contribution in [-0.4, -0.2) is 35.1 Å². The molecule has 5 unspecified atom stereocenters. The SMILES string of the molecule is CC(C)CCC1C2C=NC3(C(=O)NCc4ccccc4)C(C2)CN(Cc2ccccc2)C13. The first-order valence-electron chi connectivity index (χ1n) is 12.2. The predicted octanol–water partition coefficient (Wildman–Crippen LogP) is 4.70. The molecule has 4 heteroatoms. The summed E-state index contributed by atoms with van der Waals surface area (Å²) in [6, 6.07) is 21.1. The second-order valence-corrected chi connectivity index (χ2v) is 10.4. The van der Waals surface area contributed by atoms with Crippen LogP contribution < -0.4 is 5.32 Å². The molecule has 0 aromatic heterocycles. The number of carbonyl (C=O) groups excluding carboxylic acids is 1. The van der Waals surface area contributed by atoms with Crippen molar-refractivity contribution in [2.24, 2.45) is 28.7 Å². The summed E-state index contributed by atoms with van der Waals surface area (Å²) in [5.41, 5.74) is 1.82. The van der Waals surface area contributed by atoms with Crippen molar-refractivity contribution in [2.75, 3.05) is 6.54 Å². The van der Waals surface area contributed by atoms with Crippen LogP contribution in [-0.2, 0) is 17.9 Å². The summed E-state index contributed by atoms with van der Waals surface area (Å²) >= 11 is 0. The Hall–Kier alpha value is -2.46. The van der Waals surface area contributed by atoms with Crippen LogP contribution in [0.3, 0.4) is 0 Å². The van der Waals surface area contributed by atoms with Gasteiger partial charge in [-0.25, -0.2) is 0 Å². The molecule has 1 amide bonds. The molecule has 168 valence electrons. The molecule has 0 radical (unpaired) electrons. The number of hydrogen-bond donors (Lipinski definition) is 1. The summed E-state index contributed by atoms with van der Waals surface area (Å²) in [5, 5.41) is 3.28. The first-order valence-corrected chi connectivity index (χ1v) is 12.2. The minimum Gasteiger partial charge on any atom is -0.350 e. The molecule has 1 saturated carbocycles. The van der Waals surface area contributed by atoms with E-state index in [0.29, 0.717) is 30.2 Å². The smallest absolute Gasteiger partial charge is 0.250 e. The number of amides is 1. The first kappa shape index (κ1) is 21.4. The maximum atomic E-state index is 13.8. The maximum absolute atomic E-state index is 13.8. The zero-order chi connectivity index (χ0) is 22.1. The molecule has 5 atom stereocenters. The minimum atomic E-state index is -0.639. The van der Waals surface area contributed by atoms with Crippen LogP contribution in [0.2, 0.25) is 0 Å². The Balaban J connectivity index is 1.43. The highest BCUT2D eigenvalue weighted by Crippen LogP contribution is 2.55. The Kier molecular flexibility index (Phi) is 5.90. The summed E-state index contributed by atoms with van der Waals surface area (Å²) < 4.78 is 0. The van der Waals surface area contributed by atoms with Gasteiger partial charge in [-0.05, 0) is 41.7 Å². The standard InChI is InChI=1S/C28H35N3O/c1-20(2)13-14-25-23-15-24-19-31(18-22-11-7-4-8-12-22)26(25)28(24,30-17-23)27(32)29-16-21-9-5-3-6-10-21/h3-12,17,20,23-26H,13-16,18-19H2,1-2H3,(H,29,32). The largest absolute Gasteiger partial charge is 0.350 e. The fourth-order valence-corrected chi connectivity index (χ4v) is 6.39. The lowest BCUT2D eigenvalue weighted by Crippen LogP contribution is -2.65. The van der Waals surface area contributed by atoms with E-state index in [-0.39, 0.29) is 11.9 Å². The Morgan fingerprint density at radius 1 is 1.09 bits per heavy atom. The lowest BCUT2D eigenvalue weighted by Gasteiger charge is -2.51. The van der Waals surface area contributed by atoms with Gasteiger partial charge in [-0.3, -0.25) is 14.7 Å². The van der Waals surface area contributed by atoms with Crippen LogP contribution in [0.25, 0.3) is 0 Å². The highest BCUT2D eigenvalue weighted by atomic mass is 16.2. The van der Waals surface area contributed by atoms with Gasteiger partial charge in [0.2, 0.25) is 5.91 Å². The number of rotatable bonds is 8. The number of aliphatic imine (C=N–C) groups is 1. The number of nitrogens with zero attached hydrogens (tertiary/aromatic N) is 2. The average Bonchev–Trinajstić information content (AvgIpc) is 3.06. The molecule has 32 heavy (non-hydrogen) atoms. The van der Waals surface area contributed by atoms with E-state index in [9.17, 15) is 4.79 Å².